The highest BCUT2D eigenvalue weighted by atomic mass is 32.2. The third-order valence-electron chi connectivity index (χ3n) is 4.66. The molecule has 1 saturated heterocycles. The number of thioether (sulfide) groups is 1. The Hall–Kier alpha value is -3.25. The number of hydrogen-bond acceptors (Lipinski definition) is 5. The molecular weight excluding hydrogens is 386 g/mol. The second kappa shape index (κ2) is 8.01. The van der Waals surface area contributed by atoms with Gasteiger partial charge in [-0.2, -0.15) is 0 Å². The van der Waals surface area contributed by atoms with Crippen LogP contribution in [0, 0.1) is 0 Å². The first-order chi connectivity index (χ1) is 14.1. The maximum atomic E-state index is 12.9. The van der Waals surface area contributed by atoms with Crippen LogP contribution in [0.15, 0.2) is 65.6 Å². The number of carbonyl (C=O) groups excluding carboxylic acids is 2. The van der Waals surface area contributed by atoms with Crippen LogP contribution in [0.25, 0.3) is 16.8 Å². The zero-order valence-electron chi connectivity index (χ0n) is 15.8. The number of phenols is 1. The molecule has 1 aliphatic heterocycles. The van der Waals surface area contributed by atoms with Gasteiger partial charge in [-0.3, -0.25) is 14.5 Å². The minimum Gasteiger partial charge on any atom is -0.504 e. The van der Waals surface area contributed by atoms with E-state index in [1.165, 1.54) is 11.0 Å². The van der Waals surface area contributed by atoms with E-state index in [-0.39, 0.29) is 23.4 Å². The Kier molecular flexibility index (Phi) is 5.27. The van der Waals surface area contributed by atoms with E-state index in [9.17, 15) is 14.7 Å². The molecule has 0 unspecified atom stereocenters. The van der Waals surface area contributed by atoms with Crippen LogP contribution in [0.4, 0.5) is 4.79 Å². The van der Waals surface area contributed by atoms with E-state index in [0.717, 1.165) is 28.1 Å². The van der Waals surface area contributed by atoms with Crippen molar-refractivity contribution in [1.29, 1.82) is 0 Å². The van der Waals surface area contributed by atoms with Crippen molar-refractivity contribution >= 4 is 39.8 Å². The van der Waals surface area contributed by atoms with Crippen LogP contribution in [0.2, 0.25) is 0 Å². The summed E-state index contributed by atoms with van der Waals surface area (Å²) in [5, 5.41) is 11.6. The Bertz CT molecular complexity index is 1130. The summed E-state index contributed by atoms with van der Waals surface area (Å²) >= 11 is 0.920. The molecule has 1 N–H and O–H groups in total. The fraction of sp³-hybridized carbons (Fsp3) is 0.130. The summed E-state index contributed by atoms with van der Waals surface area (Å²) in [7, 11) is 0. The first-order valence-electron chi connectivity index (χ1n) is 9.24. The summed E-state index contributed by atoms with van der Waals surface area (Å²) in [4.78, 5) is 27.0. The molecule has 3 aromatic rings. The van der Waals surface area contributed by atoms with Crippen LogP contribution in [0.5, 0.6) is 11.5 Å². The van der Waals surface area contributed by atoms with Crippen molar-refractivity contribution in [3.63, 3.8) is 0 Å². The summed E-state index contributed by atoms with van der Waals surface area (Å²) in [5.41, 5.74) is 1.61. The predicted molar refractivity (Wildman–Crippen MR) is 115 cm³/mol. The highest BCUT2D eigenvalue weighted by Gasteiger charge is 2.35. The van der Waals surface area contributed by atoms with Crippen molar-refractivity contribution in [1.82, 2.24) is 4.90 Å². The van der Waals surface area contributed by atoms with Gasteiger partial charge in [-0.25, -0.2) is 0 Å². The SMILES string of the molecule is CCOc1cc(/C=C2\SC(=O)N(Cc3cccc4ccccc34)C2=O)ccc1O. The normalized spacial score (nSPS) is 15.5. The minimum absolute atomic E-state index is 0.0352. The quantitative estimate of drug-likeness (QED) is 0.593. The number of amides is 2. The van der Waals surface area contributed by atoms with E-state index in [2.05, 4.69) is 0 Å². The fourth-order valence-corrected chi connectivity index (χ4v) is 4.12. The van der Waals surface area contributed by atoms with Gasteiger partial charge in [0.1, 0.15) is 0 Å². The number of aromatic hydroxyl groups is 1. The standard InChI is InChI=1S/C23H19NO4S/c1-2-28-20-12-15(10-11-19(20)25)13-21-22(26)24(23(27)29-21)14-17-8-5-7-16-6-3-4-9-18(16)17/h3-13,25H,2,14H2,1H3/b21-13-. The van der Waals surface area contributed by atoms with Crippen LogP contribution >= 0.6 is 11.8 Å². The number of rotatable bonds is 5. The fourth-order valence-electron chi connectivity index (χ4n) is 3.28. The van der Waals surface area contributed by atoms with Crippen LogP contribution in [0.1, 0.15) is 18.1 Å². The second-order valence-electron chi connectivity index (χ2n) is 6.57. The molecule has 0 saturated carbocycles. The molecule has 0 spiro atoms. The third-order valence-corrected chi connectivity index (χ3v) is 5.57. The minimum atomic E-state index is -0.320. The Labute approximate surface area is 172 Å². The number of phenolic OH excluding ortho intramolecular Hbond substituents is 1. The zero-order chi connectivity index (χ0) is 20.4. The first-order valence-corrected chi connectivity index (χ1v) is 10.1. The molecule has 1 fully saturated rings. The number of imide groups is 1. The van der Waals surface area contributed by atoms with Crippen LogP contribution < -0.4 is 4.74 Å². The van der Waals surface area contributed by atoms with Gasteiger partial charge < -0.3 is 9.84 Å². The zero-order valence-corrected chi connectivity index (χ0v) is 16.6. The predicted octanol–water partition coefficient (Wildman–Crippen LogP) is 5.18. The van der Waals surface area contributed by atoms with E-state index in [4.69, 9.17) is 4.74 Å². The number of hydrogen-bond donors (Lipinski definition) is 1. The van der Waals surface area contributed by atoms with Crippen LogP contribution in [-0.2, 0) is 11.3 Å². The highest BCUT2D eigenvalue weighted by molar-refractivity contribution is 8.18. The van der Waals surface area contributed by atoms with Crippen LogP contribution in [-0.4, -0.2) is 27.8 Å². The maximum absolute atomic E-state index is 12.9. The molecule has 0 aromatic heterocycles. The Balaban J connectivity index is 1.61. The largest absolute Gasteiger partial charge is 0.504 e. The van der Waals surface area contributed by atoms with Crippen LogP contribution in [0.3, 0.4) is 0 Å². The molecule has 2 amide bonds. The van der Waals surface area contributed by atoms with Gasteiger partial charge in [-0.1, -0.05) is 48.5 Å². The summed E-state index contributed by atoms with van der Waals surface area (Å²) in [5.74, 6) is 0.0586. The lowest BCUT2D eigenvalue weighted by molar-refractivity contribution is -0.123. The lowest BCUT2D eigenvalue weighted by Gasteiger charge is -2.14. The Morgan fingerprint density at radius 3 is 2.69 bits per heavy atom. The molecule has 0 radical (unpaired) electrons. The Morgan fingerprint density at radius 1 is 1.07 bits per heavy atom. The lowest BCUT2D eigenvalue weighted by Crippen LogP contribution is -2.27. The lowest BCUT2D eigenvalue weighted by atomic mass is 10.0. The summed E-state index contributed by atoms with van der Waals surface area (Å²) in [6, 6.07) is 18.6. The Morgan fingerprint density at radius 2 is 1.86 bits per heavy atom. The summed E-state index contributed by atoms with van der Waals surface area (Å²) < 4.78 is 5.38. The van der Waals surface area contributed by atoms with Gasteiger partial charge in [-0.15, -0.1) is 0 Å². The first kappa shape index (κ1) is 19.1. The molecule has 0 atom stereocenters. The number of carbonyl (C=O) groups is 2. The average molecular weight is 405 g/mol. The molecule has 1 aliphatic rings. The van der Waals surface area contributed by atoms with Gasteiger partial charge in [0.25, 0.3) is 11.1 Å². The molecule has 3 aromatic carbocycles. The van der Waals surface area contributed by atoms with Gasteiger partial charge in [0, 0.05) is 0 Å². The van der Waals surface area contributed by atoms with Gasteiger partial charge in [0.2, 0.25) is 0 Å². The van der Waals surface area contributed by atoms with Gasteiger partial charge in [-0.05, 0) is 58.8 Å². The third kappa shape index (κ3) is 3.84. The van der Waals surface area contributed by atoms with Crippen molar-refractivity contribution < 1.29 is 19.4 Å². The van der Waals surface area contributed by atoms with E-state index in [1.807, 2.05) is 49.4 Å². The summed E-state index contributed by atoms with van der Waals surface area (Å²) in [6.07, 6.45) is 1.65. The smallest absolute Gasteiger partial charge is 0.293 e. The molecule has 6 heteroatoms. The van der Waals surface area contributed by atoms with Gasteiger partial charge in [0.15, 0.2) is 11.5 Å². The molecule has 0 bridgehead atoms. The highest BCUT2D eigenvalue weighted by Crippen LogP contribution is 2.35. The van der Waals surface area contributed by atoms with Crippen molar-refractivity contribution in [2.45, 2.75) is 13.5 Å². The molecule has 29 heavy (non-hydrogen) atoms. The van der Waals surface area contributed by atoms with Crippen molar-refractivity contribution in [2.24, 2.45) is 0 Å². The van der Waals surface area contributed by atoms with E-state index in [1.54, 1.807) is 18.2 Å². The molecule has 5 nitrogen and oxygen atoms in total. The number of ether oxygens (including phenoxy) is 1. The summed E-state index contributed by atoms with van der Waals surface area (Å²) in [6.45, 7) is 2.46. The van der Waals surface area contributed by atoms with Crippen molar-refractivity contribution in [3.8, 4) is 11.5 Å². The number of nitrogens with zero attached hydrogens (tertiary/aromatic N) is 1. The van der Waals surface area contributed by atoms with Crippen molar-refractivity contribution in [2.75, 3.05) is 6.61 Å². The number of benzene rings is 3. The van der Waals surface area contributed by atoms with Crippen molar-refractivity contribution in [3.05, 3.63) is 76.7 Å². The van der Waals surface area contributed by atoms with E-state index < -0.39 is 0 Å². The molecule has 0 aliphatic carbocycles. The molecular formula is C23H19NO4S. The molecule has 146 valence electrons. The maximum Gasteiger partial charge on any atom is 0.293 e. The van der Waals surface area contributed by atoms with Gasteiger partial charge in [0.05, 0.1) is 18.1 Å². The number of fused-ring (bicyclic) bond motifs is 1. The van der Waals surface area contributed by atoms with E-state index in [0.29, 0.717) is 22.8 Å². The molecule has 1 heterocycles. The monoisotopic (exact) mass is 405 g/mol. The van der Waals surface area contributed by atoms with E-state index >= 15 is 0 Å². The second-order valence-corrected chi connectivity index (χ2v) is 7.56. The molecule has 4 rings (SSSR count). The van der Waals surface area contributed by atoms with Gasteiger partial charge >= 0.3 is 0 Å². The average Bonchev–Trinajstić information content (AvgIpc) is 2.98. The topological polar surface area (TPSA) is 66.8 Å².